The molecule has 0 saturated carbocycles. The van der Waals surface area contributed by atoms with Gasteiger partial charge in [-0.05, 0) is 38.3 Å². The van der Waals surface area contributed by atoms with Crippen molar-refractivity contribution in [1.29, 1.82) is 0 Å². The Bertz CT molecular complexity index is 896. The smallest absolute Gasteiger partial charge is 0.364 e. The van der Waals surface area contributed by atoms with Crippen molar-refractivity contribution in [2.45, 2.75) is 117 Å². The summed E-state index contributed by atoms with van der Waals surface area (Å²) in [7, 11) is 4.16. The van der Waals surface area contributed by atoms with Crippen molar-refractivity contribution in [3.8, 4) is 5.75 Å². The van der Waals surface area contributed by atoms with Crippen molar-refractivity contribution < 1.29 is 18.8 Å². The van der Waals surface area contributed by atoms with Crippen molar-refractivity contribution in [2.75, 3.05) is 20.7 Å². The van der Waals surface area contributed by atoms with Gasteiger partial charge in [-0.2, -0.15) is 0 Å². The first-order valence-corrected chi connectivity index (χ1v) is 15.1. The Hall–Kier alpha value is -2.33. The minimum Gasteiger partial charge on any atom is -0.490 e. The van der Waals surface area contributed by atoms with Crippen LogP contribution in [0.5, 0.6) is 5.75 Å². The fraction of sp³-hybridized carbons (Fsp3) is 0.618. The van der Waals surface area contributed by atoms with E-state index in [9.17, 15) is 4.79 Å². The number of carbonyl (C=O) groups is 1. The summed E-state index contributed by atoms with van der Waals surface area (Å²) in [4.78, 5) is 12.8. The summed E-state index contributed by atoms with van der Waals surface area (Å²) in [6.07, 6.45) is 15.2. The topological polar surface area (TPSA) is 35.5 Å². The average molecular weight is 525 g/mol. The van der Waals surface area contributed by atoms with Crippen molar-refractivity contribution in [3.05, 3.63) is 65.7 Å². The maximum atomic E-state index is 12.8. The molecule has 0 radical (unpaired) electrons. The van der Waals surface area contributed by atoms with Gasteiger partial charge in [0.1, 0.15) is 12.3 Å². The van der Waals surface area contributed by atoms with Gasteiger partial charge in [-0.15, -0.1) is 0 Å². The van der Waals surface area contributed by atoms with Crippen LogP contribution in [0.3, 0.4) is 0 Å². The quantitative estimate of drug-likeness (QED) is 0.0989. The summed E-state index contributed by atoms with van der Waals surface area (Å²) in [5.74, 6) is 0.816. The van der Waals surface area contributed by atoms with E-state index in [1.54, 1.807) is 0 Å². The Kier molecular flexibility index (Phi) is 15.1. The fourth-order valence-corrected chi connectivity index (χ4v) is 4.83. The van der Waals surface area contributed by atoms with Crippen molar-refractivity contribution in [1.82, 2.24) is 0 Å². The molecule has 0 aromatic heterocycles. The molecule has 0 bridgehead atoms. The van der Waals surface area contributed by atoms with E-state index in [4.69, 9.17) is 9.47 Å². The predicted molar refractivity (Wildman–Crippen MR) is 159 cm³/mol. The molecule has 2 unspecified atom stereocenters. The van der Waals surface area contributed by atoms with E-state index < -0.39 is 0 Å². The molecule has 0 fully saturated rings. The lowest BCUT2D eigenvalue weighted by Crippen LogP contribution is -2.51. The zero-order valence-electron chi connectivity index (χ0n) is 24.9. The molecule has 2 rings (SSSR count). The number of ether oxygens (including phenoxy) is 2. The third-order valence-electron chi connectivity index (χ3n) is 7.69. The number of nitrogens with zero attached hydrogens (tertiary/aromatic N) is 1. The average Bonchev–Trinajstić information content (AvgIpc) is 2.90. The Morgan fingerprint density at radius 2 is 1.37 bits per heavy atom. The second-order valence-electron chi connectivity index (χ2n) is 11.5. The fourth-order valence-electron chi connectivity index (χ4n) is 4.83. The molecule has 0 saturated heterocycles. The number of carbonyl (C=O) groups excluding carboxylic acids is 1. The minimum absolute atomic E-state index is 0.0150. The lowest BCUT2D eigenvalue weighted by molar-refractivity contribution is -0.917. The maximum Gasteiger partial charge on any atom is 0.364 e. The highest BCUT2D eigenvalue weighted by Gasteiger charge is 2.32. The van der Waals surface area contributed by atoms with Crippen LogP contribution in [0.1, 0.15) is 103 Å². The molecule has 0 aliphatic rings. The third kappa shape index (κ3) is 12.5. The molecular weight excluding hydrogens is 470 g/mol. The Balaban J connectivity index is 1.67. The molecule has 2 aromatic rings. The molecule has 0 spiro atoms. The first-order chi connectivity index (χ1) is 18.3. The van der Waals surface area contributed by atoms with Gasteiger partial charge in [0.05, 0.1) is 26.8 Å². The highest BCUT2D eigenvalue weighted by molar-refractivity contribution is 5.74. The molecule has 0 amide bonds. The van der Waals surface area contributed by atoms with E-state index in [0.29, 0.717) is 17.5 Å². The lowest BCUT2D eigenvalue weighted by Gasteiger charge is -2.34. The van der Waals surface area contributed by atoms with Crippen LogP contribution >= 0.6 is 0 Å². The van der Waals surface area contributed by atoms with E-state index in [2.05, 4.69) is 58.3 Å². The van der Waals surface area contributed by atoms with Gasteiger partial charge in [-0.25, -0.2) is 4.79 Å². The van der Waals surface area contributed by atoms with E-state index in [0.717, 1.165) is 18.7 Å². The Morgan fingerprint density at radius 3 is 2.03 bits per heavy atom. The number of hydrogen-bond acceptors (Lipinski definition) is 3. The van der Waals surface area contributed by atoms with Gasteiger partial charge in [-0.1, -0.05) is 113 Å². The standard InChI is InChI=1S/C34H54NO3/c1-6-7-8-9-10-11-12-13-14-18-23-32-24-19-20-25-33(32)38-29(2)26-27-37-34(36)30(3)35(4,5)28-31-21-16-15-17-22-31/h15-17,19-22,24-25,29-30H,6-14,18,23,26-28H2,1-5H3/q+1. The molecule has 2 aromatic carbocycles. The molecule has 0 N–H and O–H groups in total. The molecule has 38 heavy (non-hydrogen) atoms. The van der Waals surface area contributed by atoms with Gasteiger partial charge in [0.15, 0.2) is 6.04 Å². The summed E-state index contributed by atoms with van der Waals surface area (Å²) in [6.45, 7) is 7.44. The molecular formula is C34H54NO3+. The summed E-state index contributed by atoms with van der Waals surface area (Å²) in [6, 6.07) is 18.4. The zero-order valence-corrected chi connectivity index (χ0v) is 24.9. The minimum atomic E-state index is -0.242. The molecule has 0 aliphatic heterocycles. The first kappa shape index (κ1) is 31.9. The Morgan fingerprint density at radius 1 is 0.789 bits per heavy atom. The van der Waals surface area contributed by atoms with E-state index in [1.165, 1.54) is 75.3 Å². The van der Waals surface area contributed by atoms with Gasteiger partial charge < -0.3 is 14.0 Å². The van der Waals surface area contributed by atoms with Crippen LogP contribution in [-0.2, 0) is 22.5 Å². The maximum absolute atomic E-state index is 12.8. The van der Waals surface area contributed by atoms with Crippen LogP contribution in [0.4, 0.5) is 0 Å². The number of esters is 1. The van der Waals surface area contributed by atoms with E-state index in [1.807, 2.05) is 31.2 Å². The van der Waals surface area contributed by atoms with Crippen LogP contribution < -0.4 is 4.74 Å². The summed E-state index contributed by atoms with van der Waals surface area (Å²) in [5.41, 5.74) is 2.50. The van der Waals surface area contributed by atoms with Gasteiger partial charge >= 0.3 is 5.97 Å². The van der Waals surface area contributed by atoms with E-state index in [-0.39, 0.29) is 18.1 Å². The van der Waals surface area contributed by atoms with Crippen LogP contribution in [0.15, 0.2) is 54.6 Å². The number of quaternary nitrogens is 1. The molecule has 4 heteroatoms. The van der Waals surface area contributed by atoms with Crippen molar-refractivity contribution >= 4 is 5.97 Å². The second-order valence-corrected chi connectivity index (χ2v) is 11.5. The normalized spacial score (nSPS) is 13.2. The number of likely N-dealkylation sites (N-methyl/N-ethyl adjacent to an activating group) is 1. The SMILES string of the molecule is CCCCCCCCCCCCc1ccccc1OC(C)CCOC(=O)C(C)[N+](C)(C)Cc1ccccc1. The number of aryl methyl sites for hydroxylation is 1. The molecule has 4 nitrogen and oxygen atoms in total. The molecule has 0 aliphatic carbocycles. The van der Waals surface area contributed by atoms with Crippen LogP contribution in [-0.4, -0.2) is 43.3 Å². The third-order valence-corrected chi connectivity index (χ3v) is 7.69. The molecule has 2 atom stereocenters. The Labute approximate surface area is 233 Å². The van der Waals surface area contributed by atoms with Gasteiger partial charge in [0, 0.05) is 12.0 Å². The summed E-state index contributed by atoms with van der Waals surface area (Å²) >= 11 is 0. The highest BCUT2D eigenvalue weighted by atomic mass is 16.5. The van der Waals surface area contributed by atoms with Gasteiger partial charge in [0.2, 0.25) is 0 Å². The predicted octanol–water partition coefficient (Wildman–Crippen LogP) is 8.52. The van der Waals surface area contributed by atoms with Crippen molar-refractivity contribution in [3.63, 3.8) is 0 Å². The number of rotatable bonds is 20. The number of hydrogen-bond donors (Lipinski definition) is 0. The molecule has 0 heterocycles. The molecule has 212 valence electrons. The first-order valence-electron chi connectivity index (χ1n) is 15.1. The van der Waals surface area contributed by atoms with Gasteiger partial charge in [-0.3, -0.25) is 0 Å². The number of benzene rings is 2. The number of para-hydroxylation sites is 1. The lowest BCUT2D eigenvalue weighted by atomic mass is 10.0. The van der Waals surface area contributed by atoms with Crippen molar-refractivity contribution in [2.24, 2.45) is 0 Å². The van der Waals surface area contributed by atoms with Crippen LogP contribution in [0.25, 0.3) is 0 Å². The zero-order chi connectivity index (χ0) is 27.6. The largest absolute Gasteiger partial charge is 0.490 e. The summed E-state index contributed by atoms with van der Waals surface area (Å²) < 4.78 is 12.5. The summed E-state index contributed by atoms with van der Waals surface area (Å²) in [5, 5.41) is 0. The number of unbranched alkanes of at least 4 members (excludes halogenated alkanes) is 9. The van der Waals surface area contributed by atoms with Crippen LogP contribution in [0, 0.1) is 0 Å². The van der Waals surface area contributed by atoms with Gasteiger partial charge in [0.25, 0.3) is 0 Å². The second kappa shape index (κ2) is 18.0. The highest BCUT2D eigenvalue weighted by Crippen LogP contribution is 2.23. The monoisotopic (exact) mass is 524 g/mol. The van der Waals surface area contributed by atoms with E-state index >= 15 is 0 Å². The van der Waals surface area contributed by atoms with Crippen LogP contribution in [0.2, 0.25) is 0 Å².